The van der Waals surface area contributed by atoms with Crippen LogP contribution in [0, 0.1) is 0 Å². The number of ether oxygens (including phenoxy) is 2. The van der Waals surface area contributed by atoms with Gasteiger partial charge in [0.1, 0.15) is 18.6 Å². The average Bonchev–Trinajstić information content (AvgIpc) is 3.11. The molecule has 0 spiro atoms. The molecule has 2 aromatic rings. The van der Waals surface area contributed by atoms with Gasteiger partial charge in [-0.1, -0.05) is 29.8 Å². The third-order valence-corrected chi connectivity index (χ3v) is 5.62. The predicted octanol–water partition coefficient (Wildman–Crippen LogP) is 4.00. The van der Waals surface area contributed by atoms with Crippen LogP contribution in [0.15, 0.2) is 42.5 Å². The Labute approximate surface area is 149 Å². The van der Waals surface area contributed by atoms with Crippen LogP contribution < -0.4 is 9.47 Å². The number of carbonyl (C=O) groups is 1. The van der Waals surface area contributed by atoms with E-state index in [0.29, 0.717) is 41.8 Å². The van der Waals surface area contributed by atoms with Crippen molar-refractivity contribution in [3.05, 3.63) is 58.6 Å². The lowest BCUT2D eigenvalue weighted by Crippen LogP contribution is -2.31. The van der Waals surface area contributed by atoms with E-state index in [-0.39, 0.29) is 11.3 Å². The Hall–Kier alpha value is -1.85. The van der Waals surface area contributed by atoms with Crippen molar-refractivity contribution in [3.8, 4) is 11.5 Å². The lowest BCUT2D eigenvalue weighted by atomic mass is 10.1. The summed E-state index contributed by atoms with van der Waals surface area (Å²) in [6, 6.07) is 13.1. The molecule has 2 aromatic carbocycles. The number of rotatable bonds is 2. The molecule has 0 bridgehead atoms. The summed E-state index contributed by atoms with van der Waals surface area (Å²) < 4.78 is 11.3. The van der Waals surface area contributed by atoms with E-state index < -0.39 is 0 Å². The molecule has 0 aromatic heterocycles. The third-order valence-electron chi connectivity index (χ3n) is 4.10. The second-order valence-corrected chi connectivity index (χ2v) is 7.23. The number of hydrogen-bond donors (Lipinski definition) is 0. The lowest BCUT2D eigenvalue weighted by molar-refractivity contribution is 0.0749. The Morgan fingerprint density at radius 2 is 1.92 bits per heavy atom. The maximum Gasteiger partial charge on any atom is 0.258 e. The first kappa shape index (κ1) is 15.7. The second-order valence-electron chi connectivity index (χ2n) is 5.60. The van der Waals surface area contributed by atoms with Crippen LogP contribution in [-0.2, 0) is 0 Å². The van der Waals surface area contributed by atoms with Gasteiger partial charge in [-0.05, 0) is 29.8 Å². The van der Waals surface area contributed by atoms with Gasteiger partial charge in [0.15, 0.2) is 11.5 Å². The largest absolute Gasteiger partial charge is 0.486 e. The summed E-state index contributed by atoms with van der Waals surface area (Å²) >= 11 is 7.73. The summed E-state index contributed by atoms with van der Waals surface area (Å²) in [6.45, 7) is 1.69. The molecule has 2 aliphatic heterocycles. The molecule has 0 saturated carbocycles. The fraction of sp³-hybridized carbons (Fsp3) is 0.278. The average molecular weight is 362 g/mol. The van der Waals surface area contributed by atoms with Crippen molar-refractivity contribution in [1.29, 1.82) is 0 Å². The zero-order chi connectivity index (χ0) is 16.5. The summed E-state index contributed by atoms with van der Waals surface area (Å²) in [6.07, 6.45) is 0. The van der Waals surface area contributed by atoms with Crippen LogP contribution >= 0.6 is 23.4 Å². The van der Waals surface area contributed by atoms with E-state index in [1.54, 1.807) is 17.8 Å². The minimum absolute atomic E-state index is 0.00451. The first-order chi connectivity index (χ1) is 11.7. The van der Waals surface area contributed by atoms with E-state index in [1.807, 2.05) is 41.3 Å². The number of nitrogens with zero attached hydrogens (tertiary/aromatic N) is 1. The Bertz CT molecular complexity index is 765. The number of hydrogen-bond acceptors (Lipinski definition) is 4. The molecule has 4 rings (SSSR count). The van der Waals surface area contributed by atoms with Gasteiger partial charge >= 0.3 is 0 Å². The van der Waals surface area contributed by atoms with Crippen LogP contribution in [0.4, 0.5) is 0 Å². The molecule has 1 atom stereocenters. The molecule has 2 aliphatic rings. The van der Waals surface area contributed by atoms with Crippen molar-refractivity contribution in [2.24, 2.45) is 0 Å². The van der Waals surface area contributed by atoms with E-state index in [9.17, 15) is 4.79 Å². The normalized spacial score (nSPS) is 19.4. The van der Waals surface area contributed by atoms with Crippen LogP contribution in [0.5, 0.6) is 11.5 Å². The molecular weight excluding hydrogens is 346 g/mol. The van der Waals surface area contributed by atoms with Gasteiger partial charge in [0, 0.05) is 17.3 Å². The van der Waals surface area contributed by atoms with Crippen LogP contribution in [0.25, 0.3) is 0 Å². The standard InChI is InChI=1S/C18H16ClNO3S/c19-13-6-4-12(5-7-13)18-20(8-11-24-18)17(21)14-2-1-3-15-16(14)23-10-9-22-15/h1-7,18H,8-11H2. The summed E-state index contributed by atoms with van der Waals surface area (Å²) in [5.74, 6) is 2.08. The molecule has 0 N–H and O–H groups in total. The van der Waals surface area contributed by atoms with Gasteiger partial charge in [0.2, 0.25) is 0 Å². The van der Waals surface area contributed by atoms with Crippen molar-refractivity contribution in [2.75, 3.05) is 25.5 Å². The molecule has 24 heavy (non-hydrogen) atoms. The molecule has 1 amide bonds. The fourth-order valence-corrected chi connectivity index (χ4v) is 4.36. The molecule has 4 nitrogen and oxygen atoms in total. The maximum absolute atomic E-state index is 13.1. The predicted molar refractivity (Wildman–Crippen MR) is 95.1 cm³/mol. The quantitative estimate of drug-likeness (QED) is 0.810. The molecule has 0 radical (unpaired) electrons. The zero-order valence-corrected chi connectivity index (χ0v) is 14.5. The van der Waals surface area contributed by atoms with Crippen LogP contribution in [0.1, 0.15) is 21.3 Å². The third kappa shape index (κ3) is 2.82. The van der Waals surface area contributed by atoms with Gasteiger partial charge < -0.3 is 14.4 Å². The van der Waals surface area contributed by atoms with E-state index in [1.165, 1.54) is 0 Å². The van der Waals surface area contributed by atoms with Crippen molar-refractivity contribution in [3.63, 3.8) is 0 Å². The summed E-state index contributed by atoms with van der Waals surface area (Å²) in [7, 11) is 0. The summed E-state index contributed by atoms with van der Waals surface area (Å²) in [5, 5.41) is 0.692. The van der Waals surface area contributed by atoms with Crippen LogP contribution in [0.3, 0.4) is 0 Å². The summed E-state index contributed by atoms with van der Waals surface area (Å²) in [4.78, 5) is 15.0. The number of benzene rings is 2. The molecule has 1 saturated heterocycles. The first-order valence-electron chi connectivity index (χ1n) is 7.81. The van der Waals surface area contributed by atoms with E-state index >= 15 is 0 Å². The molecule has 6 heteroatoms. The summed E-state index contributed by atoms with van der Waals surface area (Å²) in [5.41, 5.74) is 1.64. The topological polar surface area (TPSA) is 38.8 Å². The maximum atomic E-state index is 13.1. The number of thioether (sulfide) groups is 1. The van der Waals surface area contributed by atoms with Gasteiger partial charge in [-0.3, -0.25) is 4.79 Å². The Kier molecular flexibility index (Phi) is 4.29. The number of amides is 1. The van der Waals surface area contributed by atoms with Crippen molar-refractivity contribution < 1.29 is 14.3 Å². The van der Waals surface area contributed by atoms with Gasteiger partial charge in [0.25, 0.3) is 5.91 Å². The van der Waals surface area contributed by atoms with E-state index in [0.717, 1.165) is 11.3 Å². The zero-order valence-electron chi connectivity index (χ0n) is 12.9. The highest BCUT2D eigenvalue weighted by Crippen LogP contribution is 2.41. The highest BCUT2D eigenvalue weighted by atomic mass is 35.5. The molecule has 124 valence electrons. The van der Waals surface area contributed by atoms with E-state index in [4.69, 9.17) is 21.1 Å². The Morgan fingerprint density at radius 1 is 1.12 bits per heavy atom. The highest BCUT2D eigenvalue weighted by Gasteiger charge is 2.33. The monoisotopic (exact) mass is 361 g/mol. The van der Waals surface area contributed by atoms with Gasteiger partial charge in [0.05, 0.1) is 5.56 Å². The smallest absolute Gasteiger partial charge is 0.258 e. The molecule has 2 heterocycles. The first-order valence-corrected chi connectivity index (χ1v) is 9.23. The Balaban J connectivity index is 1.65. The molecule has 0 aliphatic carbocycles. The SMILES string of the molecule is O=C(c1cccc2c1OCCO2)N1CCSC1c1ccc(Cl)cc1. The highest BCUT2D eigenvalue weighted by molar-refractivity contribution is 7.99. The van der Waals surface area contributed by atoms with Crippen molar-refractivity contribution in [1.82, 2.24) is 4.90 Å². The number of fused-ring (bicyclic) bond motifs is 1. The molecule has 1 fully saturated rings. The molecule has 1 unspecified atom stereocenters. The van der Waals surface area contributed by atoms with Crippen molar-refractivity contribution >= 4 is 29.3 Å². The number of halogens is 1. The molecular formula is C18H16ClNO3S. The van der Waals surface area contributed by atoms with Crippen LogP contribution in [-0.4, -0.2) is 36.3 Å². The number of para-hydroxylation sites is 1. The second kappa shape index (κ2) is 6.57. The lowest BCUT2D eigenvalue weighted by Gasteiger charge is -2.26. The van der Waals surface area contributed by atoms with E-state index in [2.05, 4.69) is 0 Å². The van der Waals surface area contributed by atoms with Crippen LogP contribution in [0.2, 0.25) is 5.02 Å². The minimum atomic E-state index is -0.0256. The van der Waals surface area contributed by atoms with Gasteiger partial charge in [-0.25, -0.2) is 0 Å². The van der Waals surface area contributed by atoms with Gasteiger partial charge in [-0.15, -0.1) is 11.8 Å². The van der Waals surface area contributed by atoms with Crippen molar-refractivity contribution in [2.45, 2.75) is 5.37 Å². The number of carbonyl (C=O) groups excluding carboxylic acids is 1. The fourth-order valence-electron chi connectivity index (χ4n) is 2.98. The minimum Gasteiger partial charge on any atom is -0.486 e. The van der Waals surface area contributed by atoms with Gasteiger partial charge in [-0.2, -0.15) is 0 Å². The Morgan fingerprint density at radius 3 is 2.75 bits per heavy atom.